The minimum Gasteiger partial charge on any atom is -0.472 e. The molecule has 35 heavy (non-hydrogen) atoms. The van der Waals surface area contributed by atoms with Gasteiger partial charge in [-0.2, -0.15) is 0 Å². The van der Waals surface area contributed by atoms with Crippen LogP contribution in [0.15, 0.2) is 48.7 Å². The Morgan fingerprint density at radius 2 is 1.80 bits per heavy atom. The Labute approximate surface area is 200 Å². The van der Waals surface area contributed by atoms with Gasteiger partial charge in [0.2, 0.25) is 6.29 Å². The molecule has 0 bridgehead atoms. The maximum atomic E-state index is 12.1. The van der Waals surface area contributed by atoms with Gasteiger partial charge in [-0.1, -0.05) is 30.3 Å². The van der Waals surface area contributed by atoms with Crippen molar-refractivity contribution in [2.24, 2.45) is 11.8 Å². The van der Waals surface area contributed by atoms with Crippen LogP contribution in [0.5, 0.6) is 0 Å². The number of ether oxygens (including phenoxy) is 5. The van der Waals surface area contributed by atoms with Gasteiger partial charge >= 0.3 is 5.97 Å². The van der Waals surface area contributed by atoms with Gasteiger partial charge < -0.3 is 49.2 Å². The lowest BCUT2D eigenvalue weighted by atomic mass is 9.85. The molecule has 11 heteroatoms. The van der Waals surface area contributed by atoms with Crippen LogP contribution in [-0.4, -0.2) is 99.5 Å². The van der Waals surface area contributed by atoms with Crippen LogP contribution in [0.4, 0.5) is 0 Å². The van der Waals surface area contributed by atoms with Crippen LogP contribution < -0.4 is 0 Å². The summed E-state index contributed by atoms with van der Waals surface area (Å²) in [4.78, 5) is 12.1. The number of aliphatic hydroxyl groups excluding tert-OH is 5. The van der Waals surface area contributed by atoms with Crippen molar-refractivity contribution in [1.29, 1.82) is 0 Å². The molecule has 1 aromatic rings. The summed E-state index contributed by atoms with van der Waals surface area (Å²) in [6, 6.07) is 9.11. The summed E-state index contributed by atoms with van der Waals surface area (Å²) >= 11 is 0. The zero-order chi connectivity index (χ0) is 24.7. The lowest BCUT2D eigenvalue weighted by Crippen LogP contribution is -2.60. The summed E-state index contributed by atoms with van der Waals surface area (Å²) in [5.74, 6) is -1.70. The molecule has 5 rings (SSSR count). The smallest absolute Gasteiger partial charge is 0.330 e. The molecule has 0 amide bonds. The van der Waals surface area contributed by atoms with E-state index in [0.29, 0.717) is 0 Å². The third-order valence-corrected chi connectivity index (χ3v) is 7.05. The van der Waals surface area contributed by atoms with Crippen LogP contribution in [0.25, 0.3) is 6.08 Å². The number of carbonyl (C=O) groups is 1. The molecule has 3 heterocycles. The normalized spacial score (nSPS) is 43.9. The number of aliphatic hydroxyl groups is 5. The highest BCUT2D eigenvalue weighted by Crippen LogP contribution is 2.59. The van der Waals surface area contributed by atoms with Crippen molar-refractivity contribution in [2.45, 2.75) is 54.8 Å². The Balaban J connectivity index is 1.22. The molecule has 0 aromatic heterocycles. The van der Waals surface area contributed by atoms with Crippen molar-refractivity contribution in [3.05, 3.63) is 54.3 Å². The van der Waals surface area contributed by atoms with Crippen LogP contribution in [0.3, 0.4) is 0 Å². The van der Waals surface area contributed by atoms with E-state index in [1.54, 1.807) is 12.2 Å². The van der Waals surface area contributed by atoms with E-state index in [2.05, 4.69) is 0 Å². The van der Waals surface area contributed by atoms with Gasteiger partial charge in [-0.15, -0.1) is 0 Å². The molecule has 1 aromatic carbocycles. The summed E-state index contributed by atoms with van der Waals surface area (Å²) < 4.78 is 27.7. The maximum Gasteiger partial charge on any atom is 0.330 e. The molecule has 0 radical (unpaired) electrons. The highest BCUT2D eigenvalue weighted by Gasteiger charge is 2.75. The molecule has 11 atom stereocenters. The number of hydrogen-bond donors (Lipinski definition) is 5. The molecule has 0 spiro atoms. The Morgan fingerprint density at radius 3 is 2.54 bits per heavy atom. The van der Waals surface area contributed by atoms with Crippen LogP contribution in [0.1, 0.15) is 5.56 Å². The van der Waals surface area contributed by atoms with Crippen molar-refractivity contribution in [2.75, 3.05) is 13.2 Å². The van der Waals surface area contributed by atoms with E-state index in [0.717, 1.165) is 5.56 Å². The second-order valence-corrected chi connectivity index (χ2v) is 9.10. The van der Waals surface area contributed by atoms with Gasteiger partial charge in [0.25, 0.3) is 0 Å². The Hall–Kier alpha value is -2.35. The summed E-state index contributed by atoms with van der Waals surface area (Å²) in [5, 5.41) is 51.5. The first-order chi connectivity index (χ1) is 16.9. The first-order valence-corrected chi connectivity index (χ1v) is 11.4. The van der Waals surface area contributed by atoms with E-state index in [9.17, 15) is 30.3 Å². The van der Waals surface area contributed by atoms with Crippen LogP contribution in [0.2, 0.25) is 0 Å². The maximum absolute atomic E-state index is 12.1. The summed E-state index contributed by atoms with van der Waals surface area (Å²) in [6.07, 6.45) is -4.23. The topological polar surface area (TPSA) is 168 Å². The zero-order valence-corrected chi connectivity index (χ0v) is 18.6. The average molecular weight is 492 g/mol. The predicted molar refractivity (Wildman–Crippen MR) is 116 cm³/mol. The second-order valence-electron chi connectivity index (χ2n) is 9.10. The summed E-state index contributed by atoms with van der Waals surface area (Å²) in [7, 11) is 0. The molecule has 11 unspecified atom stereocenters. The molecule has 5 N–H and O–H groups in total. The Bertz CT molecular complexity index is 967. The van der Waals surface area contributed by atoms with Gasteiger partial charge in [0, 0.05) is 12.0 Å². The van der Waals surface area contributed by atoms with Gasteiger partial charge in [0.05, 0.1) is 24.9 Å². The number of fused-ring (bicyclic) bond motifs is 3. The summed E-state index contributed by atoms with van der Waals surface area (Å²) in [5.41, 5.74) is -0.248. The molecular weight excluding hydrogens is 464 g/mol. The first-order valence-electron chi connectivity index (χ1n) is 11.4. The van der Waals surface area contributed by atoms with Crippen LogP contribution in [0, 0.1) is 11.8 Å². The fourth-order valence-corrected chi connectivity index (χ4v) is 5.10. The van der Waals surface area contributed by atoms with Crippen LogP contribution in [-0.2, 0) is 28.5 Å². The standard InChI is InChI=1S/C24H28O11/c25-11-24-16-13(17(27)21(24)35-24)8-9-31-22(16)34-23-20(30)19(29)18(28)14(33-23)10-32-15(26)7-6-12-4-2-1-3-5-12/h1-9,13-14,16-23,25,27-30H,10-11H2. The quantitative estimate of drug-likeness (QED) is 0.174. The van der Waals surface area contributed by atoms with Crippen molar-refractivity contribution < 1.29 is 54.0 Å². The fourth-order valence-electron chi connectivity index (χ4n) is 5.10. The van der Waals surface area contributed by atoms with Crippen molar-refractivity contribution >= 4 is 12.0 Å². The van der Waals surface area contributed by atoms with Gasteiger partial charge in [-0.25, -0.2) is 4.79 Å². The predicted octanol–water partition coefficient (Wildman–Crippen LogP) is -1.33. The SMILES string of the molecule is O=C(C=Cc1ccccc1)OCC1OC(OC2OC=CC3C(O)C4OC4(CO)C23)C(O)C(O)C1O. The first kappa shape index (κ1) is 24.3. The molecular formula is C24H28O11. The van der Waals surface area contributed by atoms with Crippen LogP contribution >= 0.6 is 0 Å². The largest absolute Gasteiger partial charge is 0.472 e. The number of esters is 1. The van der Waals surface area contributed by atoms with Gasteiger partial charge in [0.15, 0.2) is 6.29 Å². The van der Waals surface area contributed by atoms with Gasteiger partial charge in [-0.05, 0) is 17.7 Å². The lowest BCUT2D eigenvalue weighted by molar-refractivity contribution is -0.344. The zero-order valence-electron chi connectivity index (χ0n) is 18.6. The Morgan fingerprint density at radius 1 is 1.03 bits per heavy atom. The third-order valence-electron chi connectivity index (χ3n) is 7.05. The average Bonchev–Trinajstić information content (AvgIpc) is 3.57. The van der Waals surface area contributed by atoms with Crippen molar-refractivity contribution in [3.63, 3.8) is 0 Å². The van der Waals surface area contributed by atoms with Crippen molar-refractivity contribution in [3.8, 4) is 0 Å². The fraction of sp³-hybridized carbons (Fsp3) is 0.542. The molecule has 3 fully saturated rings. The van der Waals surface area contributed by atoms with E-state index in [-0.39, 0.29) is 6.61 Å². The van der Waals surface area contributed by atoms with E-state index < -0.39 is 79.2 Å². The minimum absolute atomic E-state index is 0.364. The molecule has 1 saturated carbocycles. The number of epoxide rings is 1. The number of benzene rings is 1. The molecule has 11 nitrogen and oxygen atoms in total. The van der Waals surface area contributed by atoms with Crippen molar-refractivity contribution in [1.82, 2.24) is 0 Å². The molecule has 4 aliphatic rings. The molecule has 2 saturated heterocycles. The third kappa shape index (κ3) is 4.39. The van der Waals surface area contributed by atoms with E-state index in [1.807, 2.05) is 30.3 Å². The van der Waals surface area contributed by atoms with Gasteiger partial charge in [-0.3, -0.25) is 0 Å². The number of carbonyl (C=O) groups excluding carboxylic acids is 1. The molecule has 3 aliphatic heterocycles. The minimum atomic E-state index is -1.65. The molecule has 190 valence electrons. The lowest BCUT2D eigenvalue weighted by Gasteiger charge is -2.43. The van der Waals surface area contributed by atoms with E-state index >= 15 is 0 Å². The van der Waals surface area contributed by atoms with E-state index in [4.69, 9.17) is 23.7 Å². The Kier molecular flexibility index (Phi) is 6.68. The number of rotatable bonds is 7. The number of hydrogen-bond acceptors (Lipinski definition) is 11. The monoisotopic (exact) mass is 492 g/mol. The highest BCUT2D eigenvalue weighted by molar-refractivity contribution is 5.87. The molecule has 1 aliphatic carbocycles. The second kappa shape index (κ2) is 9.60. The highest BCUT2D eigenvalue weighted by atomic mass is 16.8. The van der Waals surface area contributed by atoms with Gasteiger partial charge in [0.1, 0.15) is 42.7 Å². The summed E-state index contributed by atoms with van der Waals surface area (Å²) in [6.45, 7) is -0.776. The van der Waals surface area contributed by atoms with E-state index in [1.165, 1.54) is 12.3 Å².